The third-order valence-corrected chi connectivity index (χ3v) is 3.30. The zero-order valence-electron chi connectivity index (χ0n) is 10.5. The molecule has 1 aliphatic rings. The summed E-state index contributed by atoms with van der Waals surface area (Å²) in [6.45, 7) is 6.80. The van der Waals surface area contributed by atoms with Gasteiger partial charge in [0.25, 0.3) is 0 Å². The SMILES string of the molecule is Cn1nncc1C(=O)C(C)(C)N1CCOCC1. The number of rotatable bonds is 3. The topological polar surface area (TPSA) is 60.2 Å². The molecule has 6 heteroatoms. The first-order valence-corrected chi connectivity index (χ1v) is 5.76. The van der Waals surface area contributed by atoms with Crippen LogP contribution in [-0.4, -0.2) is 57.5 Å². The van der Waals surface area contributed by atoms with E-state index in [0.29, 0.717) is 18.9 Å². The highest BCUT2D eigenvalue weighted by atomic mass is 16.5. The zero-order valence-corrected chi connectivity index (χ0v) is 10.5. The maximum absolute atomic E-state index is 12.5. The van der Waals surface area contributed by atoms with Gasteiger partial charge < -0.3 is 4.74 Å². The molecule has 0 unspecified atom stereocenters. The Morgan fingerprint density at radius 1 is 1.41 bits per heavy atom. The van der Waals surface area contributed by atoms with Gasteiger partial charge in [0.2, 0.25) is 5.78 Å². The lowest BCUT2D eigenvalue weighted by molar-refractivity contribution is -0.00462. The fourth-order valence-corrected chi connectivity index (χ4v) is 2.07. The largest absolute Gasteiger partial charge is 0.379 e. The van der Waals surface area contributed by atoms with E-state index >= 15 is 0 Å². The van der Waals surface area contributed by atoms with E-state index in [1.807, 2.05) is 13.8 Å². The molecule has 0 N–H and O–H groups in total. The third-order valence-electron chi connectivity index (χ3n) is 3.30. The van der Waals surface area contributed by atoms with Crippen LogP contribution in [0.1, 0.15) is 24.3 Å². The number of ether oxygens (including phenoxy) is 1. The van der Waals surface area contributed by atoms with Crippen molar-refractivity contribution < 1.29 is 9.53 Å². The Kier molecular flexibility index (Phi) is 3.26. The van der Waals surface area contributed by atoms with Crippen molar-refractivity contribution in [2.75, 3.05) is 26.3 Å². The zero-order chi connectivity index (χ0) is 12.5. The van der Waals surface area contributed by atoms with Crippen molar-refractivity contribution in [2.24, 2.45) is 7.05 Å². The first kappa shape index (κ1) is 12.2. The van der Waals surface area contributed by atoms with Crippen LogP contribution in [0.3, 0.4) is 0 Å². The third kappa shape index (κ3) is 2.23. The first-order chi connectivity index (χ1) is 8.03. The number of aryl methyl sites for hydroxylation is 1. The van der Waals surface area contributed by atoms with E-state index in [1.165, 1.54) is 10.9 Å². The minimum absolute atomic E-state index is 0.0481. The van der Waals surface area contributed by atoms with Crippen molar-refractivity contribution >= 4 is 5.78 Å². The maximum atomic E-state index is 12.5. The van der Waals surface area contributed by atoms with Crippen molar-refractivity contribution in [3.05, 3.63) is 11.9 Å². The lowest BCUT2D eigenvalue weighted by Crippen LogP contribution is -2.54. The molecule has 17 heavy (non-hydrogen) atoms. The van der Waals surface area contributed by atoms with Crippen LogP contribution in [0.5, 0.6) is 0 Å². The van der Waals surface area contributed by atoms with Crippen LogP contribution < -0.4 is 0 Å². The molecule has 2 rings (SSSR count). The molecule has 0 spiro atoms. The molecule has 0 amide bonds. The molecule has 0 aromatic carbocycles. The average molecular weight is 238 g/mol. The molecule has 0 bridgehead atoms. The van der Waals surface area contributed by atoms with Gasteiger partial charge in [-0.1, -0.05) is 5.21 Å². The molecule has 1 aromatic rings. The highest BCUT2D eigenvalue weighted by molar-refractivity contribution is 6.01. The highest BCUT2D eigenvalue weighted by Crippen LogP contribution is 2.21. The molecule has 2 heterocycles. The molecule has 0 atom stereocenters. The van der Waals surface area contributed by atoms with Crippen LogP contribution in [-0.2, 0) is 11.8 Å². The lowest BCUT2D eigenvalue weighted by atomic mass is 9.94. The van der Waals surface area contributed by atoms with Crippen LogP contribution in [0.25, 0.3) is 0 Å². The molecule has 6 nitrogen and oxygen atoms in total. The number of carbonyl (C=O) groups is 1. The normalized spacial score (nSPS) is 18.3. The van der Waals surface area contributed by atoms with Gasteiger partial charge in [-0.05, 0) is 13.8 Å². The number of nitrogens with zero attached hydrogens (tertiary/aromatic N) is 4. The predicted octanol–water partition coefficient (Wildman–Crippen LogP) is 0.109. The minimum atomic E-state index is -0.542. The average Bonchev–Trinajstić information content (AvgIpc) is 2.75. The van der Waals surface area contributed by atoms with Gasteiger partial charge in [0.1, 0.15) is 5.69 Å². The maximum Gasteiger partial charge on any atom is 0.202 e. The molecule has 94 valence electrons. The minimum Gasteiger partial charge on any atom is -0.379 e. The van der Waals surface area contributed by atoms with E-state index < -0.39 is 5.54 Å². The molecule has 1 aromatic heterocycles. The van der Waals surface area contributed by atoms with Gasteiger partial charge in [0, 0.05) is 20.1 Å². The van der Waals surface area contributed by atoms with Crippen molar-refractivity contribution in [2.45, 2.75) is 19.4 Å². The van der Waals surface area contributed by atoms with Crippen molar-refractivity contribution in [1.29, 1.82) is 0 Å². The number of carbonyl (C=O) groups excluding carboxylic acids is 1. The van der Waals surface area contributed by atoms with Gasteiger partial charge in [-0.3, -0.25) is 9.69 Å². The molecular formula is C11H18N4O2. The van der Waals surface area contributed by atoms with Crippen LogP contribution >= 0.6 is 0 Å². The highest BCUT2D eigenvalue weighted by Gasteiger charge is 2.37. The summed E-state index contributed by atoms with van der Waals surface area (Å²) in [5, 5.41) is 7.55. The number of ketones is 1. The van der Waals surface area contributed by atoms with Gasteiger partial charge in [-0.2, -0.15) is 0 Å². The van der Waals surface area contributed by atoms with Crippen molar-refractivity contribution in [1.82, 2.24) is 19.9 Å². The van der Waals surface area contributed by atoms with Crippen LogP contribution in [0.4, 0.5) is 0 Å². The summed E-state index contributed by atoms with van der Waals surface area (Å²) >= 11 is 0. The van der Waals surface area contributed by atoms with E-state index in [2.05, 4.69) is 15.2 Å². The van der Waals surface area contributed by atoms with Crippen LogP contribution in [0.2, 0.25) is 0 Å². The Hall–Kier alpha value is -1.27. The molecule has 1 aliphatic heterocycles. The number of Topliss-reactive ketones (excluding diaryl/α,β-unsaturated/α-hetero) is 1. The summed E-state index contributed by atoms with van der Waals surface area (Å²) < 4.78 is 6.82. The summed E-state index contributed by atoms with van der Waals surface area (Å²) in [4.78, 5) is 14.6. The monoisotopic (exact) mass is 238 g/mol. The second-order valence-corrected chi connectivity index (χ2v) is 4.73. The van der Waals surface area contributed by atoms with Crippen LogP contribution in [0.15, 0.2) is 6.20 Å². The van der Waals surface area contributed by atoms with E-state index in [-0.39, 0.29) is 5.78 Å². The van der Waals surface area contributed by atoms with Crippen molar-refractivity contribution in [3.63, 3.8) is 0 Å². The Morgan fingerprint density at radius 2 is 2.06 bits per heavy atom. The van der Waals surface area contributed by atoms with Gasteiger partial charge in [-0.15, -0.1) is 5.10 Å². The van der Waals surface area contributed by atoms with Gasteiger partial charge in [-0.25, -0.2) is 4.68 Å². The molecule has 0 radical (unpaired) electrons. The van der Waals surface area contributed by atoms with Gasteiger partial charge in [0.05, 0.1) is 24.9 Å². The van der Waals surface area contributed by atoms with Gasteiger partial charge >= 0.3 is 0 Å². The summed E-state index contributed by atoms with van der Waals surface area (Å²) in [7, 11) is 1.73. The Bertz CT molecular complexity index is 407. The molecule has 0 saturated carbocycles. The predicted molar refractivity (Wildman–Crippen MR) is 61.8 cm³/mol. The number of hydrogen-bond acceptors (Lipinski definition) is 5. The molecule has 0 aliphatic carbocycles. The van der Waals surface area contributed by atoms with E-state index in [0.717, 1.165) is 13.1 Å². The smallest absolute Gasteiger partial charge is 0.202 e. The summed E-state index contributed by atoms with van der Waals surface area (Å²) in [6, 6.07) is 0. The molecule has 1 fully saturated rings. The van der Waals surface area contributed by atoms with Gasteiger partial charge in [0.15, 0.2) is 0 Å². The number of hydrogen-bond donors (Lipinski definition) is 0. The van der Waals surface area contributed by atoms with E-state index in [9.17, 15) is 4.79 Å². The van der Waals surface area contributed by atoms with Crippen molar-refractivity contribution in [3.8, 4) is 0 Å². The van der Waals surface area contributed by atoms with Crippen LogP contribution in [0, 0.1) is 0 Å². The quantitative estimate of drug-likeness (QED) is 0.699. The number of aromatic nitrogens is 3. The Balaban J connectivity index is 2.19. The Labute approximate surface area is 101 Å². The Morgan fingerprint density at radius 3 is 2.59 bits per heavy atom. The molecular weight excluding hydrogens is 220 g/mol. The second kappa shape index (κ2) is 4.54. The second-order valence-electron chi connectivity index (χ2n) is 4.73. The number of morpholine rings is 1. The summed E-state index contributed by atoms with van der Waals surface area (Å²) in [6.07, 6.45) is 1.52. The fourth-order valence-electron chi connectivity index (χ4n) is 2.07. The summed E-state index contributed by atoms with van der Waals surface area (Å²) in [5.41, 5.74) is 0.000641. The summed E-state index contributed by atoms with van der Waals surface area (Å²) in [5.74, 6) is 0.0481. The van der Waals surface area contributed by atoms with E-state index in [4.69, 9.17) is 4.74 Å². The van der Waals surface area contributed by atoms with E-state index in [1.54, 1.807) is 7.05 Å². The first-order valence-electron chi connectivity index (χ1n) is 5.76. The lowest BCUT2D eigenvalue weighted by Gasteiger charge is -2.39. The molecule has 1 saturated heterocycles. The fraction of sp³-hybridized carbons (Fsp3) is 0.727. The standard InChI is InChI=1S/C11H18N4O2/c1-11(2,15-4-6-17-7-5-15)10(16)9-8-12-13-14(9)3/h8H,4-7H2,1-3H3.